The van der Waals surface area contributed by atoms with E-state index in [0.717, 1.165) is 19.4 Å². The summed E-state index contributed by atoms with van der Waals surface area (Å²) in [6.07, 6.45) is 2.73. The molecule has 1 aliphatic rings. The molecule has 0 aliphatic heterocycles. The SMILES string of the molecule is CCN(C)C(=O)C1CCC(C(=O)O)CC1. The molecule has 0 radical (unpaired) electrons. The molecule has 4 nitrogen and oxygen atoms in total. The van der Waals surface area contributed by atoms with E-state index in [4.69, 9.17) is 5.11 Å². The lowest BCUT2D eigenvalue weighted by Gasteiger charge is -2.28. The summed E-state index contributed by atoms with van der Waals surface area (Å²) in [5, 5.41) is 8.82. The molecule has 1 saturated carbocycles. The van der Waals surface area contributed by atoms with Crippen molar-refractivity contribution in [3.05, 3.63) is 0 Å². The maximum atomic E-state index is 11.8. The molecule has 1 amide bonds. The van der Waals surface area contributed by atoms with Gasteiger partial charge in [-0.15, -0.1) is 0 Å². The van der Waals surface area contributed by atoms with E-state index in [-0.39, 0.29) is 17.7 Å². The monoisotopic (exact) mass is 213 g/mol. The van der Waals surface area contributed by atoms with E-state index in [0.29, 0.717) is 12.8 Å². The minimum atomic E-state index is -0.718. The van der Waals surface area contributed by atoms with Crippen LogP contribution in [-0.4, -0.2) is 35.5 Å². The Hall–Kier alpha value is -1.06. The van der Waals surface area contributed by atoms with Crippen LogP contribution in [0.5, 0.6) is 0 Å². The number of carboxylic acids is 1. The molecule has 4 heteroatoms. The molecular weight excluding hydrogens is 194 g/mol. The first-order valence-corrected chi connectivity index (χ1v) is 5.54. The molecule has 0 heterocycles. The summed E-state index contributed by atoms with van der Waals surface area (Å²) < 4.78 is 0. The van der Waals surface area contributed by atoms with Crippen LogP contribution < -0.4 is 0 Å². The second-order valence-corrected chi connectivity index (χ2v) is 4.24. The lowest BCUT2D eigenvalue weighted by Crippen LogP contribution is -2.35. The summed E-state index contributed by atoms with van der Waals surface area (Å²) in [6, 6.07) is 0. The number of hydrogen-bond donors (Lipinski definition) is 1. The smallest absolute Gasteiger partial charge is 0.306 e. The van der Waals surface area contributed by atoms with Crippen LogP contribution in [0.1, 0.15) is 32.6 Å². The van der Waals surface area contributed by atoms with E-state index >= 15 is 0 Å². The average molecular weight is 213 g/mol. The molecule has 1 rings (SSSR count). The molecule has 1 fully saturated rings. The zero-order chi connectivity index (χ0) is 11.4. The van der Waals surface area contributed by atoms with Crippen molar-refractivity contribution in [2.24, 2.45) is 11.8 Å². The molecule has 0 spiro atoms. The topological polar surface area (TPSA) is 57.6 Å². The summed E-state index contributed by atoms with van der Waals surface area (Å²) in [7, 11) is 1.80. The van der Waals surface area contributed by atoms with Crippen LogP contribution in [0.2, 0.25) is 0 Å². The average Bonchev–Trinajstić information content (AvgIpc) is 2.27. The Bertz CT molecular complexity index is 244. The Morgan fingerprint density at radius 2 is 1.67 bits per heavy atom. The first-order valence-electron chi connectivity index (χ1n) is 5.54. The van der Waals surface area contributed by atoms with Crippen molar-refractivity contribution in [3.63, 3.8) is 0 Å². The van der Waals surface area contributed by atoms with Gasteiger partial charge >= 0.3 is 5.97 Å². The molecular formula is C11H19NO3. The van der Waals surface area contributed by atoms with Crippen molar-refractivity contribution >= 4 is 11.9 Å². The highest BCUT2D eigenvalue weighted by Gasteiger charge is 2.30. The predicted molar refractivity (Wildman–Crippen MR) is 56.4 cm³/mol. The maximum Gasteiger partial charge on any atom is 0.306 e. The highest BCUT2D eigenvalue weighted by molar-refractivity contribution is 5.79. The number of amides is 1. The number of carbonyl (C=O) groups excluding carboxylic acids is 1. The van der Waals surface area contributed by atoms with Crippen molar-refractivity contribution in [2.45, 2.75) is 32.6 Å². The summed E-state index contributed by atoms with van der Waals surface area (Å²) in [5.74, 6) is -0.738. The summed E-state index contributed by atoms with van der Waals surface area (Å²) in [6.45, 7) is 2.67. The molecule has 0 aromatic heterocycles. The fourth-order valence-electron chi connectivity index (χ4n) is 2.05. The van der Waals surface area contributed by atoms with Crippen molar-refractivity contribution in [1.29, 1.82) is 0 Å². The Morgan fingerprint density at radius 1 is 1.20 bits per heavy atom. The fourth-order valence-corrected chi connectivity index (χ4v) is 2.05. The van der Waals surface area contributed by atoms with E-state index in [9.17, 15) is 9.59 Å². The molecule has 0 bridgehead atoms. The maximum absolute atomic E-state index is 11.8. The molecule has 1 N–H and O–H groups in total. The lowest BCUT2D eigenvalue weighted by atomic mass is 9.81. The van der Waals surface area contributed by atoms with Crippen LogP contribution in [0.4, 0.5) is 0 Å². The number of rotatable bonds is 3. The lowest BCUT2D eigenvalue weighted by molar-refractivity contribution is -0.145. The summed E-state index contributed by atoms with van der Waals surface area (Å²) >= 11 is 0. The molecule has 0 unspecified atom stereocenters. The van der Waals surface area contributed by atoms with Gasteiger partial charge in [0.1, 0.15) is 0 Å². The number of nitrogens with zero attached hydrogens (tertiary/aromatic N) is 1. The zero-order valence-corrected chi connectivity index (χ0v) is 9.40. The predicted octanol–water partition coefficient (Wildman–Crippen LogP) is 1.36. The molecule has 15 heavy (non-hydrogen) atoms. The van der Waals surface area contributed by atoms with Crippen molar-refractivity contribution < 1.29 is 14.7 Å². The van der Waals surface area contributed by atoms with Gasteiger partial charge in [0.15, 0.2) is 0 Å². The van der Waals surface area contributed by atoms with E-state index in [2.05, 4.69) is 0 Å². The highest BCUT2D eigenvalue weighted by atomic mass is 16.4. The van der Waals surface area contributed by atoms with Crippen molar-refractivity contribution in [1.82, 2.24) is 4.90 Å². The van der Waals surface area contributed by atoms with Gasteiger partial charge in [0.25, 0.3) is 0 Å². The van der Waals surface area contributed by atoms with Gasteiger partial charge in [0, 0.05) is 19.5 Å². The molecule has 0 atom stereocenters. The van der Waals surface area contributed by atoms with Gasteiger partial charge < -0.3 is 10.0 Å². The van der Waals surface area contributed by atoms with Gasteiger partial charge in [-0.25, -0.2) is 0 Å². The van der Waals surface area contributed by atoms with Crippen molar-refractivity contribution in [2.75, 3.05) is 13.6 Å². The van der Waals surface area contributed by atoms with E-state index < -0.39 is 5.97 Å². The second-order valence-electron chi connectivity index (χ2n) is 4.24. The molecule has 1 aliphatic carbocycles. The quantitative estimate of drug-likeness (QED) is 0.770. The molecule has 0 aromatic carbocycles. The van der Waals surface area contributed by atoms with Crippen LogP contribution in [0.15, 0.2) is 0 Å². The summed E-state index contributed by atoms with van der Waals surface area (Å²) in [5.41, 5.74) is 0. The second kappa shape index (κ2) is 5.14. The molecule has 0 aromatic rings. The van der Waals surface area contributed by atoms with E-state index in [1.807, 2.05) is 6.92 Å². The highest BCUT2D eigenvalue weighted by Crippen LogP contribution is 2.29. The number of carbonyl (C=O) groups is 2. The van der Waals surface area contributed by atoms with Gasteiger partial charge in [-0.3, -0.25) is 9.59 Å². The third kappa shape index (κ3) is 2.94. The third-order valence-corrected chi connectivity index (χ3v) is 3.28. The van der Waals surface area contributed by atoms with Crippen LogP contribution in [-0.2, 0) is 9.59 Å². The number of carboxylic acid groups (broad SMARTS) is 1. The van der Waals surface area contributed by atoms with Crippen LogP contribution in [0.3, 0.4) is 0 Å². The van der Waals surface area contributed by atoms with Gasteiger partial charge in [-0.2, -0.15) is 0 Å². The van der Waals surface area contributed by atoms with Gasteiger partial charge in [-0.05, 0) is 32.6 Å². The normalized spacial score (nSPS) is 26.0. The van der Waals surface area contributed by atoms with E-state index in [1.54, 1.807) is 11.9 Å². The van der Waals surface area contributed by atoms with Crippen LogP contribution in [0.25, 0.3) is 0 Å². The van der Waals surface area contributed by atoms with E-state index in [1.165, 1.54) is 0 Å². The number of aliphatic carboxylic acids is 1. The fraction of sp³-hybridized carbons (Fsp3) is 0.818. The first-order chi connectivity index (χ1) is 7.06. The van der Waals surface area contributed by atoms with Gasteiger partial charge in [-0.1, -0.05) is 0 Å². The zero-order valence-electron chi connectivity index (χ0n) is 9.40. The largest absolute Gasteiger partial charge is 0.481 e. The van der Waals surface area contributed by atoms with Crippen molar-refractivity contribution in [3.8, 4) is 0 Å². The Morgan fingerprint density at radius 3 is 2.07 bits per heavy atom. The Balaban J connectivity index is 2.43. The third-order valence-electron chi connectivity index (χ3n) is 3.28. The van der Waals surface area contributed by atoms with Crippen LogP contribution >= 0.6 is 0 Å². The van der Waals surface area contributed by atoms with Gasteiger partial charge in [0.05, 0.1) is 5.92 Å². The van der Waals surface area contributed by atoms with Gasteiger partial charge in [0.2, 0.25) is 5.91 Å². The number of hydrogen-bond acceptors (Lipinski definition) is 2. The molecule has 86 valence electrons. The Kier molecular flexibility index (Phi) is 4.12. The Labute approximate surface area is 90.3 Å². The minimum Gasteiger partial charge on any atom is -0.481 e. The standard InChI is InChI=1S/C11H19NO3/c1-3-12(2)10(13)8-4-6-9(7-5-8)11(14)15/h8-9H,3-7H2,1-2H3,(H,14,15). The van der Waals surface area contributed by atoms with Crippen LogP contribution in [0, 0.1) is 11.8 Å². The molecule has 0 saturated heterocycles. The summed E-state index contributed by atoms with van der Waals surface area (Å²) in [4.78, 5) is 24.2. The first kappa shape index (κ1) is 12.0. The minimum absolute atomic E-state index is 0.0468.